The van der Waals surface area contributed by atoms with Crippen molar-refractivity contribution in [2.45, 2.75) is 32.7 Å². The van der Waals surface area contributed by atoms with E-state index in [-0.39, 0.29) is 5.82 Å². The first-order chi connectivity index (χ1) is 10.6. The molecule has 1 heterocycles. The minimum atomic E-state index is -0.147. The number of rotatable bonds is 4. The molecule has 116 valence electrons. The van der Waals surface area contributed by atoms with Gasteiger partial charge in [0.05, 0.1) is 0 Å². The highest BCUT2D eigenvalue weighted by molar-refractivity contribution is 5.18. The van der Waals surface area contributed by atoms with Crippen molar-refractivity contribution in [2.24, 2.45) is 5.41 Å². The van der Waals surface area contributed by atoms with E-state index < -0.39 is 0 Å². The van der Waals surface area contributed by atoms with E-state index in [2.05, 4.69) is 42.2 Å². The fourth-order valence-electron chi connectivity index (χ4n) is 3.36. The Balaban J connectivity index is 1.55. The van der Waals surface area contributed by atoms with Gasteiger partial charge in [0.2, 0.25) is 0 Å². The van der Waals surface area contributed by atoms with Crippen LogP contribution in [-0.2, 0) is 13.0 Å². The highest BCUT2D eigenvalue weighted by atomic mass is 19.1. The maximum Gasteiger partial charge on any atom is 0.123 e. The molecule has 1 fully saturated rings. The van der Waals surface area contributed by atoms with Crippen LogP contribution in [0.2, 0.25) is 0 Å². The third-order valence-electron chi connectivity index (χ3n) is 4.86. The van der Waals surface area contributed by atoms with Gasteiger partial charge >= 0.3 is 0 Å². The highest BCUT2D eigenvalue weighted by Gasteiger charge is 2.30. The predicted octanol–water partition coefficient (Wildman–Crippen LogP) is 4.67. The molecule has 1 aliphatic rings. The van der Waals surface area contributed by atoms with E-state index in [1.54, 1.807) is 12.1 Å². The van der Waals surface area contributed by atoms with E-state index in [0.29, 0.717) is 5.41 Å². The topological polar surface area (TPSA) is 3.24 Å². The molecule has 2 heteroatoms. The Bertz CT molecular complexity index is 583. The summed E-state index contributed by atoms with van der Waals surface area (Å²) in [6.45, 7) is 5.71. The lowest BCUT2D eigenvalue weighted by Gasteiger charge is -2.39. The largest absolute Gasteiger partial charge is 0.299 e. The fraction of sp³-hybridized carbons (Fsp3) is 0.400. The fourth-order valence-corrected chi connectivity index (χ4v) is 3.36. The van der Waals surface area contributed by atoms with Crippen LogP contribution in [-0.4, -0.2) is 18.0 Å². The Labute approximate surface area is 132 Å². The number of nitrogens with zero attached hydrogens (tertiary/aromatic N) is 1. The lowest BCUT2D eigenvalue weighted by molar-refractivity contribution is 0.113. The summed E-state index contributed by atoms with van der Waals surface area (Å²) in [6, 6.07) is 17.7. The van der Waals surface area contributed by atoms with Crippen LogP contribution in [0.15, 0.2) is 54.6 Å². The van der Waals surface area contributed by atoms with E-state index in [1.807, 2.05) is 12.1 Å². The van der Waals surface area contributed by atoms with Crippen molar-refractivity contribution in [2.75, 3.05) is 13.1 Å². The molecule has 0 unspecified atom stereocenters. The summed E-state index contributed by atoms with van der Waals surface area (Å²) in [5, 5.41) is 0. The second-order valence-corrected chi connectivity index (χ2v) is 6.88. The van der Waals surface area contributed by atoms with E-state index in [0.717, 1.165) is 26.1 Å². The smallest absolute Gasteiger partial charge is 0.123 e. The Morgan fingerprint density at radius 1 is 0.909 bits per heavy atom. The second kappa shape index (κ2) is 6.62. The zero-order valence-corrected chi connectivity index (χ0v) is 13.3. The van der Waals surface area contributed by atoms with Crippen molar-refractivity contribution in [3.05, 3.63) is 71.5 Å². The van der Waals surface area contributed by atoms with E-state index in [1.165, 1.54) is 24.0 Å². The number of halogens is 1. The molecule has 0 bridgehead atoms. The third kappa shape index (κ3) is 3.95. The lowest BCUT2D eigenvalue weighted by atomic mass is 9.75. The van der Waals surface area contributed by atoms with Gasteiger partial charge in [0.1, 0.15) is 5.82 Å². The first-order valence-corrected chi connectivity index (χ1v) is 8.14. The zero-order chi connectivity index (χ0) is 15.4. The standard InChI is InChI=1S/C20H24FN/c1-20(15-17-7-9-19(21)10-8-17)11-13-22(14-12-20)16-18-5-3-2-4-6-18/h2-10H,11-16H2,1H3. The summed E-state index contributed by atoms with van der Waals surface area (Å²) < 4.78 is 13.0. The number of benzene rings is 2. The summed E-state index contributed by atoms with van der Waals surface area (Å²) in [7, 11) is 0. The van der Waals surface area contributed by atoms with Crippen molar-refractivity contribution < 1.29 is 4.39 Å². The van der Waals surface area contributed by atoms with E-state index >= 15 is 0 Å². The van der Waals surface area contributed by atoms with E-state index in [9.17, 15) is 4.39 Å². The molecule has 0 aliphatic carbocycles. The molecule has 0 amide bonds. The summed E-state index contributed by atoms with van der Waals surface area (Å²) in [5.74, 6) is -0.147. The minimum Gasteiger partial charge on any atom is -0.299 e. The lowest BCUT2D eigenvalue weighted by Crippen LogP contribution is -2.39. The van der Waals surface area contributed by atoms with Crippen LogP contribution in [0.4, 0.5) is 4.39 Å². The molecule has 0 spiro atoms. The molecule has 1 saturated heterocycles. The van der Waals surface area contributed by atoms with Gasteiger partial charge in [-0.3, -0.25) is 4.90 Å². The Hall–Kier alpha value is -1.67. The van der Waals surface area contributed by atoms with Gasteiger partial charge in [0, 0.05) is 6.54 Å². The molecule has 2 aromatic carbocycles. The maximum atomic E-state index is 13.0. The molecule has 3 rings (SSSR count). The van der Waals surface area contributed by atoms with Crippen LogP contribution in [0.25, 0.3) is 0 Å². The summed E-state index contributed by atoms with van der Waals surface area (Å²) >= 11 is 0. The van der Waals surface area contributed by atoms with Gasteiger partial charge in [0.25, 0.3) is 0 Å². The van der Waals surface area contributed by atoms with Crippen LogP contribution < -0.4 is 0 Å². The first kappa shape index (κ1) is 15.2. The second-order valence-electron chi connectivity index (χ2n) is 6.88. The van der Waals surface area contributed by atoms with Gasteiger partial charge in [-0.25, -0.2) is 4.39 Å². The molecule has 2 aromatic rings. The minimum absolute atomic E-state index is 0.147. The van der Waals surface area contributed by atoms with Crippen molar-refractivity contribution in [1.29, 1.82) is 0 Å². The molecule has 0 radical (unpaired) electrons. The van der Waals surface area contributed by atoms with E-state index in [4.69, 9.17) is 0 Å². The number of hydrogen-bond acceptors (Lipinski definition) is 1. The van der Waals surface area contributed by atoms with Gasteiger partial charge in [-0.15, -0.1) is 0 Å². The van der Waals surface area contributed by atoms with Gasteiger partial charge in [-0.2, -0.15) is 0 Å². The number of piperidine rings is 1. The molecular formula is C20H24FN. The molecule has 0 atom stereocenters. The molecule has 1 aliphatic heterocycles. The van der Waals surface area contributed by atoms with Crippen LogP contribution in [0.5, 0.6) is 0 Å². The summed E-state index contributed by atoms with van der Waals surface area (Å²) in [4.78, 5) is 2.54. The van der Waals surface area contributed by atoms with Crippen LogP contribution in [0.1, 0.15) is 30.9 Å². The first-order valence-electron chi connectivity index (χ1n) is 8.14. The Kier molecular flexibility index (Phi) is 4.58. The number of hydrogen-bond donors (Lipinski definition) is 0. The number of likely N-dealkylation sites (tertiary alicyclic amines) is 1. The van der Waals surface area contributed by atoms with Gasteiger partial charge in [-0.05, 0) is 61.0 Å². The Morgan fingerprint density at radius 3 is 2.18 bits per heavy atom. The quantitative estimate of drug-likeness (QED) is 0.792. The highest BCUT2D eigenvalue weighted by Crippen LogP contribution is 2.35. The maximum absolute atomic E-state index is 13.0. The Morgan fingerprint density at radius 2 is 1.55 bits per heavy atom. The molecule has 0 saturated carbocycles. The molecule has 1 nitrogen and oxygen atoms in total. The van der Waals surface area contributed by atoms with Crippen molar-refractivity contribution in [3.63, 3.8) is 0 Å². The summed E-state index contributed by atoms with van der Waals surface area (Å²) in [6.07, 6.45) is 3.46. The molecule has 0 aromatic heterocycles. The zero-order valence-electron chi connectivity index (χ0n) is 13.3. The molecule has 0 N–H and O–H groups in total. The predicted molar refractivity (Wildman–Crippen MR) is 89.2 cm³/mol. The van der Waals surface area contributed by atoms with Crippen LogP contribution in [0, 0.1) is 11.2 Å². The van der Waals surface area contributed by atoms with Crippen LogP contribution in [0.3, 0.4) is 0 Å². The average molecular weight is 297 g/mol. The van der Waals surface area contributed by atoms with Crippen molar-refractivity contribution in [3.8, 4) is 0 Å². The monoisotopic (exact) mass is 297 g/mol. The summed E-state index contributed by atoms with van der Waals surface area (Å²) in [5.41, 5.74) is 2.98. The van der Waals surface area contributed by atoms with Gasteiger partial charge in [0.15, 0.2) is 0 Å². The van der Waals surface area contributed by atoms with Crippen LogP contribution >= 0.6 is 0 Å². The average Bonchev–Trinajstić information content (AvgIpc) is 2.53. The van der Waals surface area contributed by atoms with Crippen molar-refractivity contribution in [1.82, 2.24) is 4.90 Å². The normalized spacial score (nSPS) is 18.3. The molecular weight excluding hydrogens is 273 g/mol. The van der Waals surface area contributed by atoms with Gasteiger partial charge < -0.3 is 0 Å². The SMILES string of the molecule is CC1(Cc2ccc(F)cc2)CCN(Cc2ccccc2)CC1. The van der Waals surface area contributed by atoms with Crippen molar-refractivity contribution >= 4 is 0 Å². The van der Waals surface area contributed by atoms with Gasteiger partial charge in [-0.1, -0.05) is 49.4 Å². The third-order valence-corrected chi connectivity index (χ3v) is 4.86. The molecule has 22 heavy (non-hydrogen) atoms.